The largest absolute Gasteiger partial charge is 0.494 e. The molecule has 11 heteroatoms. The third-order valence-corrected chi connectivity index (χ3v) is 8.02. The van der Waals surface area contributed by atoms with Crippen LogP contribution in [0.25, 0.3) is 16.9 Å². The first-order valence-electron chi connectivity index (χ1n) is 14.3. The Kier molecular flexibility index (Phi) is 9.63. The number of carbonyl (C=O) groups excluding carboxylic acids is 3. The maximum atomic E-state index is 12.8. The number of carbonyl (C=O) groups is 3. The highest BCUT2D eigenvalue weighted by molar-refractivity contribution is 7.17. The number of benzene rings is 2. The van der Waals surface area contributed by atoms with Gasteiger partial charge < -0.3 is 14.8 Å². The summed E-state index contributed by atoms with van der Waals surface area (Å²) < 4.78 is 12.7. The van der Waals surface area contributed by atoms with E-state index in [9.17, 15) is 14.4 Å². The van der Waals surface area contributed by atoms with Crippen molar-refractivity contribution in [2.75, 3.05) is 18.5 Å². The Hall–Kier alpha value is -4.77. The first kappa shape index (κ1) is 29.7. The van der Waals surface area contributed by atoms with E-state index in [1.807, 2.05) is 61.5 Å². The molecule has 5 rings (SSSR count). The number of amides is 2. The van der Waals surface area contributed by atoms with Gasteiger partial charge in [0, 0.05) is 22.2 Å². The minimum atomic E-state index is -0.966. The third kappa shape index (κ3) is 7.00. The van der Waals surface area contributed by atoms with Crippen LogP contribution in [0.4, 0.5) is 5.00 Å². The van der Waals surface area contributed by atoms with Gasteiger partial charge in [0.05, 0.1) is 30.7 Å². The quantitative estimate of drug-likeness (QED) is 0.107. The zero-order valence-electron chi connectivity index (χ0n) is 24.1. The van der Waals surface area contributed by atoms with Gasteiger partial charge in [-0.1, -0.05) is 25.1 Å². The van der Waals surface area contributed by atoms with Crippen molar-refractivity contribution in [1.29, 1.82) is 0 Å². The van der Waals surface area contributed by atoms with Crippen LogP contribution in [0.15, 0.2) is 65.9 Å². The molecule has 0 spiro atoms. The molecule has 0 aliphatic heterocycles. The van der Waals surface area contributed by atoms with Crippen LogP contribution in [0.2, 0.25) is 0 Å². The van der Waals surface area contributed by atoms with E-state index in [0.29, 0.717) is 28.4 Å². The lowest BCUT2D eigenvalue weighted by Crippen LogP contribution is -2.32. The average molecular weight is 600 g/mol. The summed E-state index contributed by atoms with van der Waals surface area (Å²) in [6, 6.07) is 17.2. The Balaban J connectivity index is 1.33. The summed E-state index contributed by atoms with van der Waals surface area (Å²) >= 11 is 1.32. The van der Waals surface area contributed by atoms with Crippen molar-refractivity contribution in [3.05, 3.63) is 82.4 Å². The van der Waals surface area contributed by atoms with Gasteiger partial charge in [-0.3, -0.25) is 9.59 Å². The standard InChI is InChI=1S/C32H33N5O5S/c1-3-18-42-24-16-14-21(15-17-24)28-22(20-37(36-28)23-10-6-5-7-11-23)19-33-35-30(39)29(38)34-31-27(32(40)41-4-2)25-12-8-9-13-26(25)43-31/h5-7,10-11,14-17,19-20H,3-4,8-9,12-13,18H2,1-2H3,(H,34,38)(H,35,39). The number of nitrogens with zero attached hydrogens (tertiary/aromatic N) is 3. The number of fused-ring (bicyclic) bond motifs is 1. The first-order chi connectivity index (χ1) is 21.0. The maximum absolute atomic E-state index is 12.8. The molecule has 0 fully saturated rings. The third-order valence-electron chi connectivity index (χ3n) is 6.82. The molecule has 1 aliphatic carbocycles. The predicted molar refractivity (Wildman–Crippen MR) is 166 cm³/mol. The molecular weight excluding hydrogens is 566 g/mol. The molecule has 43 heavy (non-hydrogen) atoms. The van der Waals surface area contributed by atoms with Crippen LogP contribution in [-0.2, 0) is 27.2 Å². The highest BCUT2D eigenvalue weighted by atomic mass is 32.1. The van der Waals surface area contributed by atoms with Crippen LogP contribution < -0.4 is 15.5 Å². The lowest BCUT2D eigenvalue weighted by Gasteiger charge is -2.12. The van der Waals surface area contributed by atoms with E-state index >= 15 is 0 Å². The summed E-state index contributed by atoms with van der Waals surface area (Å²) in [7, 11) is 0. The molecule has 4 aromatic rings. The van der Waals surface area contributed by atoms with Gasteiger partial charge in [0.2, 0.25) is 0 Å². The average Bonchev–Trinajstić information content (AvgIpc) is 3.62. The van der Waals surface area contributed by atoms with Crippen molar-refractivity contribution >= 4 is 40.3 Å². The number of nitrogens with one attached hydrogen (secondary N) is 2. The van der Waals surface area contributed by atoms with Gasteiger partial charge in [-0.15, -0.1) is 11.3 Å². The Morgan fingerprint density at radius 2 is 1.79 bits per heavy atom. The lowest BCUT2D eigenvalue weighted by atomic mass is 9.95. The second-order valence-electron chi connectivity index (χ2n) is 9.87. The van der Waals surface area contributed by atoms with E-state index in [-0.39, 0.29) is 6.61 Å². The summed E-state index contributed by atoms with van der Waals surface area (Å²) in [4.78, 5) is 39.3. The van der Waals surface area contributed by atoms with Crippen LogP contribution in [-0.4, -0.2) is 47.0 Å². The van der Waals surface area contributed by atoms with Crippen molar-refractivity contribution in [1.82, 2.24) is 15.2 Å². The molecule has 0 radical (unpaired) electrons. The van der Waals surface area contributed by atoms with Gasteiger partial charge >= 0.3 is 17.8 Å². The molecule has 0 unspecified atom stereocenters. The summed E-state index contributed by atoms with van der Waals surface area (Å²) in [6.45, 7) is 4.62. The van der Waals surface area contributed by atoms with Crippen LogP contribution in [0, 0.1) is 0 Å². The number of aryl methyl sites for hydroxylation is 1. The highest BCUT2D eigenvalue weighted by Crippen LogP contribution is 2.38. The van der Waals surface area contributed by atoms with Crippen molar-refractivity contribution in [2.45, 2.75) is 46.0 Å². The number of ether oxygens (including phenoxy) is 2. The molecule has 0 atom stereocenters. The van der Waals surface area contributed by atoms with Crippen molar-refractivity contribution in [3.8, 4) is 22.7 Å². The van der Waals surface area contributed by atoms with Gasteiger partial charge in [-0.25, -0.2) is 14.9 Å². The van der Waals surface area contributed by atoms with Gasteiger partial charge in [0.25, 0.3) is 0 Å². The van der Waals surface area contributed by atoms with Gasteiger partial charge in [0.1, 0.15) is 16.4 Å². The van der Waals surface area contributed by atoms with Crippen LogP contribution in [0.1, 0.15) is 59.5 Å². The Labute approximate surface area is 253 Å². The van der Waals surface area contributed by atoms with Crippen molar-refractivity contribution in [3.63, 3.8) is 0 Å². The molecule has 222 valence electrons. The number of hydrogen-bond donors (Lipinski definition) is 2. The number of para-hydroxylation sites is 1. The van der Waals surface area contributed by atoms with Gasteiger partial charge in [-0.2, -0.15) is 10.2 Å². The molecule has 0 bridgehead atoms. The van der Waals surface area contributed by atoms with E-state index in [2.05, 4.69) is 15.8 Å². The van der Waals surface area contributed by atoms with E-state index in [1.54, 1.807) is 17.8 Å². The minimum absolute atomic E-state index is 0.214. The number of esters is 1. The molecule has 2 amide bonds. The van der Waals surface area contributed by atoms with E-state index < -0.39 is 17.8 Å². The molecule has 2 N–H and O–H groups in total. The zero-order chi connectivity index (χ0) is 30.2. The fourth-order valence-corrected chi connectivity index (χ4v) is 6.06. The Bertz CT molecular complexity index is 1630. The fourth-order valence-electron chi connectivity index (χ4n) is 4.79. The summed E-state index contributed by atoms with van der Waals surface area (Å²) in [6.07, 6.45) is 7.68. The first-order valence-corrected chi connectivity index (χ1v) is 15.1. The van der Waals surface area contributed by atoms with Crippen molar-refractivity contribution in [2.24, 2.45) is 5.10 Å². The Morgan fingerprint density at radius 1 is 1.02 bits per heavy atom. The van der Waals surface area contributed by atoms with Crippen LogP contribution in [0.3, 0.4) is 0 Å². The molecule has 0 saturated carbocycles. The molecule has 2 aromatic carbocycles. The van der Waals surface area contributed by atoms with E-state index in [1.165, 1.54) is 17.6 Å². The summed E-state index contributed by atoms with van der Waals surface area (Å²) in [5.41, 5.74) is 6.49. The van der Waals surface area contributed by atoms with Gasteiger partial charge in [-0.05, 0) is 81.0 Å². The fraction of sp³-hybridized carbons (Fsp3) is 0.281. The zero-order valence-corrected chi connectivity index (χ0v) is 24.9. The normalized spacial score (nSPS) is 12.5. The van der Waals surface area contributed by atoms with Gasteiger partial charge in [0.15, 0.2) is 0 Å². The monoisotopic (exact) mass is 599 g/mol. The van der Waals surface area contributed by atoms with E-state index in [0.717, 1.165) is 59.5 Å². The number of aromatic nitrogens is 2. The maximum Gasteiger partial charge on any atom is 0.341 e. The highest BCUT2D eigenvalue weighted by Gasteiger charge is 2.28. The van der Waals surface area contributed by atoms with E-state index in [4.69, 9.17) is 14.6 Å². The number of anilines is 1. The summed E-state index contributed by atoms with van der Waals surface area (Å²) in [5, 5.41) is 11.7. The number of hydrazone groups is 1. The lowest BCUT2D eigenvalue weighted by molar-refractivity contribution is -0.136. The molecule has 0 saturated heterocycles. The Morgan fingerprint density at radius 3 is 2.53 bits per heavy atom. The smallest absolute Gasteiger partial charge is 0.341 e. The number of rotatable bonds is 10. The molecule has 1 aliphatic rings. The number of thiophene rings is 1. The number of hydrogen-bond acceptors (Lipinski definition) is 8. The summed E-state index contributed by atoms with van der Waals surface area (Å²) in [5.74, 6) is -1.63. The molecule has 2 aromatic heterocycles. The van der Waals surface area contributed by atoms with Crippen LogP contribution >= 0.6 is 11.3 Å². The predicted octanol–water partition coefficient (Wildman–Crippen LogP) is 5.53. The second kappa shape index (κ2) is 13.9. The molecular formula is C32H33N5O5S. The minimum Gasteiger partial charge on any atom is -0.494 e. The van der Waals surface area contributed by atoms with Crippen LogP contribution in [0.5, 0.6) is 5.75 Å². The molecule has 10 nitrogen and oxygen atoms in total. The molecule has 2 heterocycles. The topological polar surface area (TPSA) is 124 Å². The SMILES string of the molecule is CCCOc1ccc(-c2nn(-c3ccccc3)cc2C=NNC(=O)C(=O)Nc2sc3c(c2C(=O)OCC)CCCC3)cc1. The van der Waals surface area contributed by atoms with Crippen molar-refractivity contribution < 1.29 is 23.9 Å². The second-order valence-corrected chi connectivity index (χ2v) is 11.0.